The molecule has 228 valence electrons. The van der Waals surface area contributed by atoms with Crippen LogP contribution in [-0.2, 0) is 27.8 Å². The fraction of sp³-hybridized carbons (Fsp3) is 0.273. The average molecular weight is 672 g/mol. The van der Waals surface area contributed by atoms with E-state index in [-0.39, 0.29) is 32.9 Å². The number of likely N-dealkylation sites (tertiary alicyclic amines) is 1. The molecule has 1 amide bonds. The zero-order valence-corrected chi connectivity index (χ0v) is 26.7. The lowest BCUT2D eigenvalue weighted by Gasteiger charge is -2.44. The molecule has 2 aliphatic heterocycles. The first kappa shape index (κ1) is 30.7. The Bertz CT molecular complexity index is 1770. The molecule has 0 atom stereocenters. The monoisotopic (exact) mass is 670 g/mol. The molecule has 1 aromatic heterocycles. The van der Waals surface area contributed by atoms with Gasteiger partial charge < -0.3 is 14.4 Å². The first-order valence-electron chi connectivity index (χ1n) is 14.2. The van der Waals surface area contributed by atoms with Crippen LogP contribution in [0.2, 0.25) is 15.1 Å². The van der Waals surface area contributed by atoms with Gasteiger partial charge in [0.15, 0.2) is 15.6 Å². The van der Waals surface area contributed by atoms with Crippen molar-refractivity contribution in [1.82, 2.24) is 9.88 Å². The molecule has 1 spiro atoms. The molecular formula is C33H29Cl3N2O5S. The van der Waals surface area contributed by atoms with Crippen molar-refractivity contribution >= 4 is 50.7 Å². The van der Waals surface area contributed by atoms with Gasteiger partial charge in [0.1, 0.15) is 11.4 Å². The van der Waals surface area contributed by atoms with Crippen LogP contribution in [0.4, 0.5) is 4.79 Å². The third kappa shape index (κ3) is 6.99. The van der Waals surface area contributed by atoms with Gasteiger partial charge in [0, 0.05) is 37.2 Å². The Morgan fingerprint density at radius 2 is 1.59 bits per heavy atom. The lowest BCUT2D eigenvalue weighted by molar-refractivity contribution is -0.00948. The third-order valence-electron chi connectivity index (χ3n) is 8.09. The van der Waals surface area contributed by atoms with Gasteiger partial charge in [-0.15, -0.1) is 0 Å². The van der Waals surface area contributed by atoms with Gasteiger partial charge in [-0.25, -0.2) is 13.2 Å². The fourth-order valence-electron chi connectivity index (χ4n) is 5.74. The smallest absolute Gasteiger partial charge is 0.415 e. The van der Waals surface area contributed by atoms with Crippen LogP contribution in [-0.4, -0.2) is 43.1 Å². The van der Waals surface area contributed by atoms with Gasteiger partial charge in [-0.05, 0) is 71.5 Å². The number of amides is 1. The minimum atomic E-state index is -3.34. The summed E-state index contributed by atoms with van der Waals surface area (Å²) >= 11 is 18.3. The van der Waals surface area contributed by atoms with Crippen LogP contribution >= 0.6 is 34.8 Å². The van der Waals surface area contributed by atoms with Crippen molar-refractivity contribution < 1.29 is 22.7 Å². The molecule has 0 aliphatic carbocycles. The molecule has 0 saturated carbocycles. The van der Waals surface area contributed by atoms with E-state index in [1.807, 2.05) is 36.4 Å². The number of pyridine rings is 1. The number of halogens is 3. The summed E-state index contributed by atoms with van der Waals surface area (Å²) in [6, 6.07) is 22.0. The van der Waals surface area contributed by atoms with Crippen LogP contribution in [0.1, 0.15) is 36.1 Å². The maximum atomic E-state index is 12.8. The van der Waals surface area contributed by atoms with Crippen LogP contribution < -0.4 is 9.47 Å². The zero-order chi connectivity index (χ0) is 30.9. The molecule has 44 heavy (non-hydrogen) atoms. The SMILES string of the molecule is O=C(Oc1c(Cl)cc(Cl)cc1Cl)N1CCC2(CCc3cc(-c4ccc(CS(=O)(=O)Cc5ccccn5)cc4)ccc3O2)CC1. The van der Waals surface area contributed by atoms with Crippen LogP contribution in [0.25, 0.3) is 11.1 Å². The number of aryl methyl sites for hydroxylation is 1. The maximum Gasteiger partial charge on any atom is 0.415 e. The van der Waals surface area contributed by atoms with Gasteiger partial charge in [-0.2, -0.15) is 0 Å². The Labute approximate surface area is 271 Å². The molecule has 7 nitrogen and oxygen atoms in total. The molecule has 0 bridgehead atoms. The molecule has 2 aliphatic rings. The van der Waals surface area contributed by atoms with Crippen molar-refractivity contribution in [3.8, 4) is 22.6 Å². The molecule has 0 N–H and O–H groups in total. The summed E-state index contributed by atoms with van der Waals surface area (Å²) in [7, 11) is -3.34. The first-order valence-corrected chi connectivity index (χ1v) is 17.2. The van der Waals surface area contributed by atoms with Gasteiger partial charge in [0.05, 0.1) is 27.2 Å². The number of hydrogen-bond acceptors (Lipinski definition) is 6. The van der Waals surface area contributed by atoms with Crippen LogP contribution in [0.5, 0.6) is 11.5 Å². The van der Waals surface area contributed by atoms with E-state index in [9.17, 15) is 13.2 Å². The highest BCUT2D eigenvalue weighted by molar-refractivity contribution is 7.89. The number of hydrogen-bond donors (Lipinski definition) is 0. The van der Waals surface area contributed by atoms with Gasteiger partial charge in [0.2, 0.25) is 0 Å². The number of carbonyl (C=O) groups excluding carboxylic acids is 1. The van der Waals surface area contributed by atoms with E-state index >= 15 is 0 Å². The number of carbonyl (C=O) groups is 1. The Hall–Kier alpha value is -3.30. The van der Waals surface area contributed by atoms with E-state index in [1.165, 1.54) is 12.1 Å². The Balaban J connectivity index is 1.06. The summed E-state index contributed by atoms with van der Waals surface area (Å²) in [5.41, 5.74) is 4.12. The van der Waals surface area contributed by atoms with Gasteiger partial charge in [0.25, 0.3) is 0 Å². The molecule has 0 unspecified atom stereocenters. The predicted molar refractivity (Wildman–Crippen MR) is 172 cm³/mol. The molecule has 6 rings (SSSR count). The molecular weight excluding hydrogens is 643 g/mol. The number of sulfone groups is 1. The van der Waals surface area contributed by atoms with Crippen LogP contribution in [0, 0.1) is 0 Å². The number of nitrogens with zero attached hydrogens (tertiary/aromatic N) is 2. The van der Waals surface area contributed by atoms with Crippen molar-refractivity contribution in [2.24, 2.45) is 0 Å². The average Bonchev–Trinajstić information content (AvgIpc) is 2.99. The quantitative estimate of drug-likeness (QED) is 0.206. The predicted octanol–water partition coefficient (Wildman–Crippen LogP) is 8.18. The summed E-state index contributed by atoms with van der Waals surface area (Å²) in [4.78, 5) is 18.6. The highest BCUT2D eigenvalue weighted by atomic mass is 35.5. The summed E-state index contributed by atoms with van der Waals surface area (Å²) < 4.78 is 37.4. The Kier molecular flexibility index (Phi) is 8.79. The molecule has 0 radical (unpaired) electrons. The van der Waals surface area contributed by atoms with E-state index in [0.717, 1.165) is 40.8 Å². The summed E-state index contributed by atoms with van der Waals surface area (Å²) in [6.45, 7) is 0.970. The van der Waals surface area contributed by atoms with Crippen LogP contribution in [0.3, 0.4) is 0 Å². The van der Waals surface area contributed by atoms with E-state index in [1.54, 1.807) is 29.3 Å². The van der Waals surface area contributed by atoms with E-state index in [0.29, 0.717) is 36.6 Å². The van der Waals surface area contributed by atoms with Crippen molar-refractivity contribution in [3.05, 3.63) is 111 Å². The Morgan fingerprint density at radius 1 is 0.886 bits per heavy atom. The second-order valence-corrected chi connectivity index (χ2v) is 14.5. The van der Waals surface area contributed by atoms with E-state index in [2.05, 4.69) is 11.1 Å². The number of aromatic nitrogens is 1. The third-order valence-corrected chi connectivity index (χ3v) is 10.4. The molecule has 3 heterocycles. The van der Waals surface area contributed by atoms with Crippen molar-refractivity contribution in [2.75, 3.05) is 13.1 Å². The number of rotatable bonds is 6. The molecule has 3 aromatic carbocycles. The van der Waals surface area contributed by atoms with Gasteiger partial charge in [-0.1, -0.05) is 71.2 Å². The minimum absolute atomic E-state index is 0.0399. The number of piperidine rings is 1. The second-order valence-electron chi connectivity index (χ2n) is 11.2. The normalized spacial score (nSPS) is 15.8. The maximum absolute atomic E-state index is 12.8. The minimum Gasteiger partial charge on any atom is -0.487 e. The summed E-state index contributed by atoms with van der Waals surface area (Å²) in [5.74, 6) is 0.828. The van der Waals surface area contributed by atoms with E-state index in [4.69, 9.17) is 44.3 Å². The second kappa shape index (κ2) is 12.6. The summed E-state index contributed by atoms with van der Waals surface area (Å²) in [5, 5.41) is 0.716. The number of fused-ring (bicyclic) bond motifs is 1. The molecule has 1 fully saturated rings. The fourth-order valence-corrected chi connectivity index (χ4v) is 8.05. The zero-order valence-electron chi connectivity index (χ0n) is 23.6. The first-order chi connectivity index (χ1) is 21.1. The number of ether oxygens (including phenoxy) is 2. The van der Waals surface area contributed by atoms with Crippen molar-refractivity contribution in [1.29, 1.82) is 0 Å². The van der Waals surface area contributed by atoms with Gasteiger partial charge in [-0.3, -0.25) is 4.98 Å². The lowest BCUT2D eigenvalue weighted by Crippen LogP contribution is -2.51. The number of benzene rings is 3. The Morgan fingerprint density at radius 3 is 2.27 bits per heavy atom. The molecule has 4 aromatic rings. The summed E-state index contributed by atoms with van der Waals surface area (Å²) in [6.07, 6.45) is 4.14. The van der Waals surface area contributed by atoms with Crippen LogP contribution in [0.15, 0.2) is 79.0 Å². The molecule has 11 heteroatoms. The standard InChI is InChI=1S/C33H29Cl3N2O5S/c34-26-18-28(35)31(29(36)19-26)42-32(39)38-15-12-33(13-16-38)11-10-25-17-24(8-9-30(25)43-33)23-6-4-22(5-7-23)20-44(40,41)21-27-3-1-2-14-37-27/h1-9,14,17-19H,10-13,15-16,20-21H2. The highest BCUT2D eigenvalue weighted by Gasteiger charge is 2.41. The lowest BCUT2D eigenvalue weighted by atomic mass is 9.82. The van der Waals surface area contributed by atoms with Crippen molar-refractivity contribution in [2.45, 2.75) is 42.8 Å². The van der Waals surface area contributed by atoms with E-state index < -0.39 is 15.9 Å². The van der Waals surface area contributed by atoms with Gasteiger partial charge >= 0.3 is 6.09 Å². The topological polar surface area (TPSA) is 85.8 Å². The molecule has 1 saturated heterocycles. The largest absolute Gasteiger partial charge is 0.487 e. The highest BCUT2D eigenvalue weighted by Crippen LogP contribution is 2.41. The van der Waals surface area contributed by atoms with Crippen molar-refractivity contribution in [3.63, 3.8) is 0 Å².